The maximum atomic E-state index is 5.61. The third kappa shape index (κ3) is 5.51. The molecule has 0 radical (unpaired) electrons. The highest BCUT2D eigenvalue weighted by molar-refractivity contribution is 5.87. The molecule has 0 spiro atoms. The minimum absolute atomic E-state index is 0.501. The van der Waals surface area contributed by atoms with Gasteiger partial charge in [0.05, 0.1) is 22.7 Å². The first kappa shape index (κ1) is 21.0. The number of anilines is 1. The molecule has 0 aliphatic carbocycles. The van der Waals surface area contributed by atoms with Gasteiger partial charge in [-0.05, 0) is 49.6 Å². The van der Waals surface area contributed by atoms with Crippen LogP contribution in [0.1, 0.15) is 38.8 Å². The van der Waals surface area contributed by atoms with E-state index in [-0.39, 0.29) is 0 Å². The molecule has 2 aromatic rings. The van der Waals surface area contributed by atoms with Crippen LogP contribution in [0, 0.1) is 6.92 Å². The molecule has 0 amide bonds. The first-order valence-electron chi connectivity index (χ1n) is 8.77. The van der Waals surface area contributed by atoms with Gasteiger partial charge in [-0.2, -0.15) is 0 Å². The second-order valence-electron chi connectivity index (χ2n) is 5.46. The van der Waals surface area contributed by atoms with Gasteiger partial charge in [0.1, 0.15) is 0 Å². The summed E-state index contributed by atoms with van der Waals surface area (Å²) in [5, 5.41) is 6.21. The van der Waals surface area contributed by atoms with Crippen molar-refractivity contribution in [1.29, 1.82) is 0 Å². The van der Waals surface area contributed by atoms with Crippen molar-refractivity contribution >= 4 is 28.4 Å². The van der Waals surface area contributed by atoms with Gasteiger partial charge in [-0.15, -0.1) is 0 Å². The fourth-order valence-electron chi connectivity index (χ4n) is 2.34. The van der Waals surface area contributed by atoms with Crippen LogP contribution in [0.15, 0.2) is 48.4 Å². The average Bonchev–Trinajstić information content (AvgIpc) is 2.98. The number of aryl methyl sites for hydroxylation is 1. The van der Waals surface area contributed by atoms with Gasteiger partial charge >= 0.3 is 0 Å². The maximum Gasteiger partial charge on any atom is 0.206 e. The van der Waals surface area contributed by atoms with Gasteiger partial charge in [-0.1, -0.05) is 33.1 Å². The Hall–Kier alpha value is -3.02. The number of aliphatic imine (C=N–C) groups is 1. The lowest BCUT2D eigenvalue weighted by Crippen LogP contribution is -2.18. The lowest BCUT2D eigenvalue weighted by atomic mass is 10.0. The summed E-state index contributed by atoms with van der Waals surface area (Å²) < 4.78 is 0. The number of H-pyrrole nitrogens is 1. The number of nitrogens with one attached hydrogen (secondary N) is 3. The molecule has 1 heterocycles. The summed E-state index contributed by atoms with van der Waals surface area (Å²) in [5.41, 5.74) is 10.4. The predicted molar refractivity (Wildman–Crippen MR) is 114 cm³/mol. The van der Waals surface area contributed by atoms with Crippen LogP contribution < -0.4 is 16.4 Å². The number of aromatic amines is 1. The van der Waals surface area contributed by atoms with Gasteiger partial charge < -0.3 is 21.4 Å². The van der Waals surface area contributed by atoms with E-state index < -0.39 is 0 Å². The zero-order chi connectivity index (χ0) is 19.7. The van der Waals surface area contributed by atoms with Crippen LogP contribution in [-0.4, -0.2) is 22.3 Å². The topological polar surface area (TPSA) is 91.1 Å². The van der Waals surface area contributed by atoms with E-state index in [9.17, 15) is 0 Å². The lowest BCUT2D eigenvalue weighted by molar-refractivity contribution is 0.860. The number of aromatic nitrogens is 2. The van der Waals surface area contributed by atoms with Crippen LogP contribution in [0.25, 0.3) is 16.6 Å². The number of nitrogens with zero attached hydrogens (tertiary/aromatic N) is 2. The monoisotopic (exact) mass is 354 g/mol. The van der Waals surface area contributed by atoms with E-state index in [1.54, 1.807) is 19.2 Å². The molecule has 0 aliphatic heterocycles. The van der Waals surface area contributed by atoms with Crippen LogP contribution in [0.4, 0.5) is 5.95 Å². The summed E-state index contributed by atoms with van der Waals surface area (Å²) >= 11 is 0. The fourth-order valence-corrected chi connectivity index (χ4v) is 2.34. The molecule has 0 atom stereocenters. The number of allylic oxidation sites excluding steroid dienone is 2. The van der Waals surface area contributed by atoms with E-state index in [0.29, 0.717) is 17.6 Å². The highest BCUT2D eigenvalue weighted by Gasteiger charge is 2.09. The standard InChI is InChI=1S/C18H24N6.C2H6/c1-6-14(10-21-12(4)19)15-9-17-16(8-11(15)3)23-18(24-17)22-13(5)20-7-2;1-2/h6,8-10,20H,1,5,7H2,2-4H3,(H2,19,21)(H2,22,23,24);1-2H3/b14-10+;. The molecule has 140 valence electrons. The molecule has 6 nitrogen and oxygen atoms in total. The Balaban J connectivity index is 0.00000163. The third-order valence-electron chi connectivity index (χ3n) is 3.43. The second-order valence-corrected chi connectivity index (χ2v) is 5.46. The minimum atomic E-state index is 0.501. The molecular weight excluding hydrogens is 324 g/mol. The maximum absolute atomic E-state index is 5.61. The Morgan fingerprint density at radius 1 is 1.38 bits per heavy atom. The Kier molecular flexibility index (Phi) is 8.15. The number of fused-ring (bicyclic) bond motifs is 1. The second kappa shape index (κ2) is 10.1. The van der Waals surface area contributed by atoms with Crippen LogP contribution in [0.5, 0.6) is 0 Å². The smallest absolute Gasteiger partial charge is 0.206 e. The van der Waals surface area contributed by atoms with Gasteiger partial charge in [0.15, 0.2) is 0 Å². The SMILES string of the molecule is C=C/C(=C\N=C(C)N)c1cc2nc(NC(=C)NCC)[nH]c2cc1C.CC. The molecule has 1 aromatic heterocycles. The van der Waals surface area contributed by atoms with Gasteiger partial charge in [-0.3, -0.25) is 0 Å². The van der Waals surface area contributed by atoms with Crippen molar-refractivity contribution in [3.8, 4) is 0 Å². The van der Waals surface area contributed by atoms with Crippen LogP contribution in [0.3, 0.4) is 0 Å². The number of rotatable bonds is 7. The number of amidine groups is 1. The van der Waals surface area contributed by atoms with Gasteiger partial charge in [-0.25, -0.2) is 9.98 Å². The molecule has 2 rings (SSSR count). The van der Waals surface area contributed by atoms with Crippen molar-refractivity contribution in [2.24, 2.45) is 10.7 Å². The normalized spacial score (nSPS) is 11.6. The number of hydrogen-bond acceptors (Lipinski definition) is 4. The molecule has 6 heteroatoms. The summed E-state index contributed by atoms with van der Waals surface area (Å²) in [7, 11) is 0. The average molecular weight is 355 g/mol. The van der Waals surface area contributed by atoms with Gasteiger partial charge in [0.2, 0.25) is 5.95 Å². The van der Waals surface area contributed by atoms with Crippen LogP contribution >= 0.6 is 0 Å². The summed E-state index contributed by atoms with van der Waals surface area (Å²) in [6, 6.07) is 4.06. The predicted octanol–water partition coefficient (Wildman–Crippen LogP) is 4.29. The Morgan fingerprint density at radius 3 is 2.65 bits per heavy atom. The summed E-state index contributed by atoms with van der Waals surface area (Å²) in [4.78, 5) is 12.0. The highest BCUT2D eigenvalue weighted by atomic mass is 15.2. The molecule has 0 saturated heterocycles. The van der Waals surface area contributed by atoms with Crippen molar-refractivity contribution < 1.29 is 0 Å². The molecular formula is C20H30N6. The molecule has 0 saturated carbocycles. The summed E-state index contributed by atoms with van der Waals surface area (Å²) in [6.07, 6.45) is 3.48. The van der Waals surface area contributed by atoms with E-state index in [0.717, 1.165) is 34.3 Å². The highest BCUT2D eigenvalue weighted by Crippen LogP contribution is 2.26. The molecule has 0 fully saturated rings. The summed E-state index contributed by atoms with van der Waals surface area (Å²) in [6.45, 7) is 18.3. The molecule has 0 aliphatic rings. The zero-order valence-corrected chi connectivity index (χ0v) is 16.4. The van der Waals surface area contributed by atoms with E-state index in [2.05, 4.69) is 44.8 Å². The number of hydrogen-bond donors (Lipinski definition) is 4. The lowest BCUT2D eigenvalue weighted by Gasteiger charge is -2.06. The van der Waals surface area contributed by atoms with E-state index in [4.69, 9.17) is 5.73 Å². The molecule has 26 heavy (non-hydrogen) atoms. The first-order chi connectivity index (χ1) is 12.4. The quantitative estimate of drug-likeness (QED) is 0.339. The van der Waals surface area contributed by atoms with Crippen molar-refractivity contribution in [2.75, 3.05) is 11.9 Å². The van der Waals surface area contributed by atoms with Crippen LogP contribution in [-0.2, 0) is 0 Å². The van der Waals surface area contributed by atoms with Crippen molar-refractivity contribution in [2.45, 2.75) is 34.6 Å². The number of imidazole rings is 1. The Morgan fingerprint density at radius 2 is 2.08 bits per heavy atom. The first-order valence-corrected chi connectivity index (χ1v) is 8.77. The van der Waals surface area contributed by atoms with Crippen molar-refractivity contribution in [1.82, 2.24) is 15.3 Å². The fraction of sp³-hybridized carbons (Fsp3) is 0.300. The van der Waals surface area contributed by atoms with Crippen molar-refractivity contribution in [3.63, 3.8) is 0 Å². The van der Waals surface area contributed by atoms with E-state index in [1.165, 1.54) is 0 Å². The minimum Gasteiger partial charge on any atom is -0.387 e. The largest absolute Gasteiger partial charge is 0.387 e. The van der Waals surface area contributed by atoms with Gasteiger partial charge in [0.25, 0.3) is 0 Å². The molecule has 5 N–H and O–H groups in total. The molecule has 0 unspecified atom stereocenters. The van der Waals surface area contributed by atoms with Crippen molar-refractivity contribution in [3.05, 3.63) is 54.5 Å². The third-order valence-corrected chi connectivity index (χ3v) is 3.43. The zero-order valence-electron chi connectivity index (χ0n) is 16.4. The molecule has 1 aromatic carbocycles. The summed E-state index contributed by atoms with van der Waals surface area (Å²) in [5.74, 6) is 1.85. The van der Waals surface area contributed by atoms with E-state index >= 15 is 0 Å². The molecule has 0 bridgehead atoms. The Labute approximate surface area is 156 Å². The van der Waals surface area contributed by atoms with E-state index in [1.807, 2.05) is 33.8 Å². The van der Waals surface area contributed by atoms with Gasteiger partial charge in [0, 0.05) is 12.7 Å². The number of benzene rings is 1. The van der Waals surface area contributed by atoms with Crippen LogP contribution in [0.2, 0.25) is 0 Å². The Bertz CT molecular complexity index is 822. The number of nitrogens with two attached hydrogens (primary N) is 1.